The Bertz CT molecular complexity index is 240. The van der Waals surface area contributed by atoms with E-state index in [1.807, 2.05) is 6.92 Å². The van der Waals surface area contributed by atoms with Crippen LogP contribution in [0, 0.1) is 0 Å². The highest BCUT2D eigenvalue weighted by atomic mass is 16.2. The summed E-state index contributed by atoms with van der Waals surface area (Å²) in [5.74, 6) is 0.220. The first-order valence-electron chi connectivity index (χ1n) is 6.17. The molecule has 3 nitrogen and oxygen atoms in total. The van der Waals surface area contributed by atoms with Gasteiger partial charge in [-0.05, 0) is 46.5 Å². The lowest BCUT2D eigenvalue weighted by Crippen LogP contribution is -2.49. The van der Waals surface area contributed by atoms with Crippen LogP contribution < -0.4 is 5.32 Å². The van der Waals surface area contributed by atoms with E-state index in [2.05, 4.69) is 24.1 Å². The zero-order chi connectivity index (χ0) is 11.0. The monoisotopic (exact) mass is 210 g/mol. The van der Waals surface area contributed by atoms with Crippen molar-refractivity contribution in [2.45, 2.75) is 70.6 Å². The molecule has 3 heteroatoms. The highest BCUT2D eigenvalue weighted by Gasteiger charge is 2.35. The van der Waals surface area contributed by atoms with Crippen molar-refractivity contribution in [3.8, 4) is 0 Å². The summed E-state index contributed by atoms with van der Waals surface area (Å²) >= 11 is 0. The van der Waals surface area contributed by atoms with E-state index >= 15 is 0 Å². The Balaban J connectivity index is 1.92. The summed E-state index contributed by atoms with van der Waals surface area (Å²) in [4.78, 5) is 14.3. The van der Waals surface area contributed by atoms with Crippen LogP contribution in [-0.4, -0.2) is 35.0 Å². The fourth-order valence-corrected chi connectivity index (χ4v) is 2.66. The second kappa shape index (κ2) is 4.12. The molecule has 15 heavy (non-hydrogen) atoms. The molecular weight excluding hydrogens is 188 g/mol. The van der Waals surface area contributed by atoms with Crippen LogP contribution in [0.25, 0.3) is 0 Å². The Hall–Kier alpha value is -0.570. The van der Waals surface area contributed by atoms with E-state index in [0.29, 0.717) is 18.1 Å². The van der Waals surface area contributed by atoms with Crippen LogP contribution in [0.2, 0.25) is 0 Å². The molecule has 1 aliphatic carbocycles. The molecule has 0 aromatic carbocycles. The van der Waals surface area contributed by atoms with E-state index in [0.717, 1.165) is 0 Å². The van der Waals surface area contributed by atoms with Gasteiger partial charge < -0.3 is 5.32 Å². The van der Waals surface area contributed by atoms with Crippen molar-refractivity contribution < 1.29 is 4.79 Å². The minimum absolute atomic E-state index is 0.0399. The van der Waals surface area contributed by atoms with Gasteiger partial charge in [-0.15, -0.1) is 0 Å². The van der Waals surface area contributed by atoms with Gasteiger partial charge >= 0.3 is 0 Å². The van der Waals surface area contributed by atoms with E-state index < -0.39 is 0 Å². The largest absolute Gasteiger partial charge is 0.352 e. The molecule has 0 radical (unpaired) electrons. The fourth-order valence-electron chi connectivity index (χ4n) is 2.66. The molecule has 2 fully saturated rings. The van der Waals surface area contributed by atoms with Crippen LogP contribution in [0.15, 0.2) is 0 Å². The van der Waals surface area contributed by atoms with Gasteiger partial charge in [-0.2, -0.15) is 0 Å². The summed E-state index contributed by atoms with van der Waals surface area (Å²) < 4.78 is 0. The molecule has 0 aromatic rings. The van der Waals surface area contributed by atoms with Crippen molar-refractivity contribution >= 4 is 5.91 Å². The van der Waals surface area contributed by atoms with Crippen molar-refractivity contribution in [3.05, 3.63) is 0 Å². The minimum atomic E-state index is 0.0399. The molecular formula is C12H22N2O. The Kier molecular flexibility index (Phi) is 3.01. The number of nitrogens with one attached hydrogen (secondary N) is 1. The highest BCUT2D eigenvalue weighted by molar-refractivity contribution is 5.82. The van der Waals surface area contributed by atoms with Crippen LogP contribution in [0.4, 0.5) is 0 Å². The van der Waals surface area contributed by atoms with Crippen LogP contribution in [-0.2, 0) is 4.79 Å². The number of hydrogen-bond acceptors (Lipinski definition) is 2. The molecule has 86 valence electrons. The number of carbonyl (C=O) groups excluding carboxylic acids is 1. The Morgan fingerprint density at radius 3 is 2.20 bits per heavy atom. The third kappa shape index (κ3) is 2.33. The number of amides is 1. The number of hydrogen-bond donors (Lipinski definition) is 1. The molecule has 3 atom stereocenters. The zero-order valence-corrected chi connectivity index (χ0v) is 9.99. The quantitative estimate of drug-likeness (QED) is 0.766. The molecule has 2 aliphatic rings. The molecule has 1 saturated carbocycles. The second-order valence-corrected chi connectivity index (χ2v) is 5.18. The third-order valence-electron chi connectivity index (χ3n) is 3.77. The number of carbonyl (C=O) groups is 1. The molecule has 1 N–H and O–H groups in total. The first-order valence-corrected chi connectivity index (χ1v) is 6.17. The van der Waals surface area contributed by atoms with Gasteiger partial charge in [0.2, 0.25) is 5.91 Å². The predicted octanol–water partition coefficient (Wildman–Crippen LogP) is 1.53. The van der Waals surface area contributed by atoms with Gasteiger partial charge in [-0.25, -0.2) is 0 Å². The molecule has 0 aromatic heterocycles. The zero-order valence-electron chi connectivity index (χ0n) is 9.99. The summed E-state index contributed by atoms with van der Waals surface area (Å²) in [6.45, 7) is 6.49. The average Bonchev–Trinajstić information content (AvgIpc) is 2.93. The molecule has 0 spiro atoms. The van der Waals surface area contributed by atoms with Crippen LogP contribution in [0.3, 0.4) is 0 Å². The first kappa shape index (κ1) is 10.9. The van der Waals surface area contributed by atoms with Gasteiger partial charge in [0.15, 0.2) is 0 Å². The van der Waals surface area contributed by atoms with Gasteiger partial charge in [-0.3, -0.25) is 9.69 Å². The van der Waals surface area contributed by atoms with Gasteiger partial charge in [0.05, 0.1) is 6.04 Å². The molecule has 1 heterocycles. The predicted molar refractivity (Wildman–Crippen MR) is 60.6 cm³/mol. The van der Waals surface area contributed by atoms with E-state index in [1.165, 1.54) is 25.7 Å². The van der Waals surface area contributed by atoms with Crippen molar-refractivity contribution in [2.75, 3.05) is 0 Å². The molecule has 1 aliphatic heterocycles. The van der Waals surface area contributed by atoms with Crippen molar-refractivity contribution in [1.82, 2.24) is 10.2 Å². The lowest BCUT2D eigenvalue weighted by molar-refractivity contribution is -0.127. The van der Waals surface area contributed by atoms with E-state index in [-0.39, 0.29) is 11.9 Å². The Morgan fingerprint density at radius 2 is 1.73 bits per heavy atom. The van der Waals surface area contributed by atoms with E-state index in [4.69, 9.17) is 0 Å². The van der Waals surface area contributed by atoms with Gasteiger partial charge in [-0.1, -0.05) is 0 Å². The highest BCUT2D eigenvalue weighted by Crippen LogP contribution is 2.26. The summed E-state index contributed by atoms with van der Waals surface area (Å²) in [5.41, 5.74) is 0. The lowest BCUT2D eigenvalue weighted by Gasteiger charge is -2.31. The van der Waals surface area contributed by atoms with Crippen molar-refractivity contribution in [2.24, 2.45) is 0 Å². The number of rotatable bonds is 3. The minimum Gasteiger partial charge on any atom is -0.352 e. The standard InChI is InChI=1S/C12H22N2O/c1-8-4-5-9(2)14(8)10(3)12(15)13-11-6-7-11/h8-11H,4-7H2,1-3H3,(H,13,15). The van der Waals surface area contributed by atoms with Crippen molar-refractivity contribution in [1.29, 1.82) is 0 Å². The Labute approximate surface area is 92.2 Å². The number of nitrogens with zero attached hydrogens (tertiary/aromatic N) is 1. The topological polar surface area (TPSA) is 32.3 Å². The van der Waals surface area contributed by atoms with Gasteiger partial charge in [0.25, 0.3) is 0 Å². The maximum Gasteiger partial charge on any atom is 0.237 e. The van der Waals surface area contributed by atoms with Gasteiger partial charge in [0.1, 0.15) is 0 Å². The molecule has 0 bridgehead atoms. The van der Waals surface area contributed by atoms with Crippen molar-refractivity contribution in [3.63, 3.8) is 0 Å². The Morgan fingerprint density at radius 1 is 1.20 bits per heavy atom. The number of likely N-dealkylation sites (tertiary alicyclic amines) is 1. The summed E-state index contributed by atoms with van der Waals surface area (Å²) in [5, 5.41) is 3.09. The SMILES string of the molecule is CC1CCC(C)N1C(C)C(=O)NC1CC1. The summed E-state index contributed by atoms with van der Waals surface area (Å²) in [6, 6.07) is 1.63. The molecule has 2 rings (SSSR count). The molecule has 1 saturated heterocycles. The van der Waals surface area contributed by atoms with Crippen LogP contribution >= 0.6 is 0 Å². The van der Waals surface area contributed by atoms with E-state index in [1.54, 1.807) is 0 Å². The lowest BCUT2D eigenvalue weighted by atomic mass is 10.2. The molecule has 3 unspecified atom stereocenters. The third-order valence-corrected chi connectivity index (χ3v) is 3.77. The summed E-state index contributed by atoms with van der Waals surface area (Å²) in [7, 11) is 0. The summed E-state index contributed by atoms with van der Waals surface area (Å²) in [6.07, 6.45) is 4.79. The van der Waals surface area contributed by atoms with Crippen LogP contribution in [0.5, 0.6) is 0 Å². The van der Waals surface area contributed by atoms with Gasteiger partial charge in [0, 0.05) is 18.1 Å². The van der Waals surface area contributed by atoms with E-state index in [9.17, 15) is 4.79 Å². The smallest absolute Gasteiger partial charge is 0.237 e. The molecule has 1 amide bonds. The fraction of sp³-hybridized carbons (Fsp3) is 0.917. The average molecular weight is 210 g/mol. The maximum atomic E-state index is 11.9. The second-order valence-electron chi connectivity index (χ2n) is 5.18. The normalized spacial score (nSPS) is 34.1. The van der Waals surface area contributed by atoms with Crippen LogP contribution in [0.1, 0.15) is 46.5 Å². The first-order chi connectivity index (χ1) is 7.09. The maximum absolute atomic E-state index is 11.9.